The molecular formula is C16H28ClN3O. The van der Waals surface area contributed by atoms with E-state index in [-0.39, 0.29) is 22.0 Å². The van der Waals surface area contributed by atoms with Crippen molar-refractivity contribution in [2.45, 2.75) is 66.3 Å². The van der Waals surface area contributed by atoms with Crippen molar-refractivity contribution in [1.82, 2.24) is 9.78 Å². The fourth-order valence-corrected chi connectivity index (χ4v) is 2.41. The third kappa shape index (κ3) is 5.34. The first-order chi connectivity index (χ1) is 9.78. The minimum absolute atomic E-state index is 0.00883. The Kier molecular flexibility index (Phi) is 6.72. The van der Waals surface area contributed by atoms with Crippen molar-refractivity contribution in [1.29, 1.82) is 0 Å². The van der Waals surface area contributed by atoms with Gasteiger partial charge in [-0.2, -0.15) is 5.10 Å². The second kappa shape index (κ2) is 7.83. The van der Waals surface area contributed by atoms with Gasteiger partial charge in [-0.3, -0.25) is 4.79 Å². The largest absolute Gasteiger partial charge is 0.382 e. The first kappa shape index (κ1) is 18.0. The third-order valence-electron chi connectivity index (χ3n) is 3.65. The summed E-state index contributed by atoms with van der Waals surface area (Å²) in [7, 11) is 0. The normalized spacial score (nSPS) is 12.0. The van der Waals surface area contributed by atoms with Crippen LogP contribution in [0.3, 0.4) is 0 Å². The number of halogens is 1. The lowest BCUT2D eigenvalue weighted by molar-refractivity contribution is 0.342. The minimum Gasteiger partial charge on any atom is -0.382 e. The zero-order valence-corrected chi connectivity index (χ0v) is 14.6. The van der Waals surface area contributed by atoms with Crippen LogP contribution in [-0.4, -0.2) is 16.3 Å². The van der Waals surface area contributed by atoms with E-state index in [4.69, 9.17) is 11.6 Å². The summed E-state index contributed by atoms with van der Waals surface area (Å²) < 4.78 is 1.40. The topological polar surface area (TPSA) is 46.9 Å². The van der Waals surface area contributed by atoms with Crippen molar-refractivity contribution >= 4 is 17.3 Å². The van der Waals surface area contributed by atoms with E-state index in [0.29, 0.717) is 5.69 Å². The maximum atomic E-state index is 12.1. The Morgan fingerprint density at radius 1 is 1.38 bits per heavy atom. The summed E-state index contributed by atoms with van der Waals surface area (Å²) in [5.41, 5.74) is 0.563. The highest BCUT2D eigenvalue weighted by Gasteiger charge is 2.18. The number of nitrogens with zero attached hydrogens (tertiary/aromatic N) is 2. The lowest BCUT2D eigenvalue weighted by Crippen LogP contribution is -2.28. The zero-order valence-electron chi connectivity index (χ0n) is 13.9. The van der Waals surface area contributed by atoms with Gasteiger partial charge in [-0.15, -0.1) is 0 Å². The molecule has 4 nitrogen and oxygen atoms in total. The molecule has 21 heavy (non-hydrogen) atoms. The maximum absolute atomic E-state index is 12.1. The van der Waals surface area contributed by atoms with Gasteiger partial charge < -0.3 is 5.32 Å². The van der Waals surface area contributed by atoms with E-state index in [1.807, 2.05) is 13.8 Å². The number of hydrogen-bond acceptors (Lipinski definition) is 3. The molecular weight excluding hydrogens is 286 g/mol. The van der Waals surface area contributed by atoms with Crippen LogP contribution in [0.1, 0.15) is 66.3 Å². The third-order valence-corrected chi connectivity index (χ3v) is 4.01. The van der Waals surface area contributed by atoms with Gasteiger partial charge in [0.1, 0.15) is 5.02 Å². The second-order valence-corrected chi connectivity index (χ2v) is 7.07. The van der Waals surface area contributed by atoms with E-state index in [0.717, 1.165) is 13.0 Å². The summed E-state index contributed by atoms with van der Waals surface area (Å²) in [6.45, 7) is 11.3. The van der Waals surface area contributed by atoms with Gasteiger partial charge in [0.15, 0.2) is 0 Å². The molecule has 0 radical (unpaired) electrons. The molecule has 0 unspecified atom stereocenters. The van der Waals surface area contributed by atoms with Crippen LogP contribution in [0.4, 0.5) is 5.69 Å². The van der Waals surface area contributed by atoms with Crippen LogP contribution in [0.25, 0.3) is 0 Å². The number of unbranched alkanes of at least 4 members (excludes halogenated alkanes) is 2. The summed E-state index contributed by atoms with van der Waals surface area (Å²) in [5, 5.41) is 7.68. The maximum Gasteiger partial charge on any atom is 0.287 e. The fourth-order valence-electron chi connectivity index (χ4n) is 2.21. The standard InChI is InChI=1S/C16H28ClN3O/c1-6-7-8-9-16(4,5)11-18-13-10-19-20(12(2)3)15(21)14(13)17/h10,12,18H,6-9,11H2,1-5H3. The number of aromatic nitrogens is 2. The number of nitrogens with one attached hydrogen (secondary N) is 1. The van der Waals surface area contributed by atoms with Crippen molar-refractivity contribution in [3.63, 3.8) is 0 Å². The molecule has 1 heterocycles. The molecule has 0 aliphatic rings. The van der Waals surface area contributed by atoms with Gasteiger partial charge in [-0.25, -0.2) is 4.68 Å². The Balaban J connectivity index is 2.72. The van der Waals surface area contributed by atoms with Crippen LogP contribution in [0.2, 0.25) is 5.02 Å². The molecule has 0 saturated carbocycles. The van der Waals surface area contributed by atoms with Crippen molar-refractivity contribution in [2.24, 2.45) is 5.41 Å². The molecule has 0 spiro atoms. The molecule has 0 fully saturated rings. The summed E-state index contributed by atoms with van der Waals surface area (Å²) in [5.74, 6) is 0. The van der Waals surface area contributed by atoms with Gasteiger partial charge >= 0.3 is 0 Å². The highest BCUT2D eigenvalue weighted by Crippen LogP contribution is 2.25. The van der Waals surface area contributed by atoms with Crippen molar-refractivity contribution in [3.8, 4) is 0 Å². The molecule has 0 amide bonds. The van der Waals surface area contributed by atoms with E-state index < -0.39 is 0 Å². The molecule has 0 aliphatic carbocycles. The zero-order chi connectivity index (χ0) is 16.0. The van der Waals surface area contributed by atoms with Gasteiger partial charge in [0.25, 0.3) is 5.56 Å². The number of anilines is 1. The molecule has 0 aromatic carbocycles. The van der Waals surface area contributed by atoms with E-state index in [2.05, 4.69) is 31.2 Å². The Bertz CT molecular complexity index is 509. The SMILES string of the molecule is CCCCCC(C)(C)CNc1cnn(C(C)C)c(=O)c1Cl. The monoisotopic (exact) mass is 313 g/mol. The molecule has 1 aromatic rings. The summed E-state index contributed by atoms with van der Waals surface area (Å²) in [6, 6.07) is 0.00883. The highest BCUT2D eigenvalue weighted by molar-refractivity contribution is 6.32. The molecule has 0 bridgehead atoms. The Morgan fingerprint density at radius 3 is 2.62 bits per heavy atom. The quantitative estimate of drug-likeness (QED) is 0.719. The first-order valence-electron chi connectivity index (χ1n) is 7.79. The van der Waals surface area contributed by atoms with Crippen LogP contribution in [0.5, 0.6) is 0 Å². The van der Waals surface area contributed by atoms with E-state index in [1.165, 1.54) is 23.9 Å². The van der Waals surface area contributed by atoms with Crippen LogP contribution < -0.4 is 10.9 Å². The van der Waals surface area contributed by atoms with Crippen LogP contribution in [0.15, 0.2) is 11.0 Å². The predicted molar refractivity (Wildman–Crippen MR) is 90.3 cm³/mol. The lowest BCUT2D eigenvalue weighted by atomic mass is 9.87. The van der Waals surface area contributed by atoms with Crippen molar-refractivity contribution in [2.75, 3.05) is 11.9 Å². The molecule has 1 aromatic heterocycles. The minimum atomic E-state index is -0.236. The van der Waals surface area contributed by atoms with Crippen LogP contribution in [0, 0.1) is 5.41 Å². The van der Waals surface area contributed by atoms with Gasteiger partial charge in [0.05, 0.1) is 17.9 Å². The molecule has 5 heteroatoms. The van der Waals surface area contributed by atoms with E-state index in [1.54, 1.807) is 6.20 Å². The first-order valence-corrected chi connectivity index (χ1v) is 8.17. The molecule has 1 N–H and O–H groups in total. The van der Waals surface area contributed by atoms with Gasteiger partial charge in [0, 0.05) is 6.54 Å². The van der Waals surface area contributed by atoms with E-state index >= 15 is 0 Å². The molecule has 0 saturated heterocycles. The second-order valence-electron chi connectivity index (χ2n) is 6.69. The fraction of sp³-hybridized carbons (Fsp3) is 0.750. The Hall–Kier alpha value is -1.03. The number of hydrogen-bond donors (Lipinski definition) is 1. The summed E-state index contributed by atoms with van der Waals surface area (Å²) in [6.07, 6.45) is 6.52. The van der Waals surface area contributed by atoms with E-state index in [9.17, 15) is 4.79 Å². The Labute approximate surface area is 132 Å². The molecule has 0 atom stereocenters. The van der Waals surface area contributed by atoms with Gasteiger partial charge in [0.2, 0.25) is 0 Å². The van der Waals surface area contributed by atoms with Gasteiger partial charge in [-0.05, 0) is 25.7 Å². The number of rotatable bonds is 8. The lowest BCUT2D eigenvalue weighted by Gasteiger charge is -2.25. The average molecular weight is 314 g/mol. The molecule has 0 aliphatic heterocycles. The van der Waals surface area contributed by atoms with Crippen molar-refractivity contribution < 1.29 is 0 Å². The molecule has 1 rings (SSSR count). The van der Waals surface area contributed by atoms with Crippen molar-refractivity contribution in [3.05, 3.63) is 21.6 Å². The highest BCUT2D eigenvalue weighted by atomic mass is 35.5. The van der Waals surface area contributed by atoms with Crippen LogP contribution >= 0.6 is 11.6 Å². The molecule has 120 valence electrons. The Morgan fingerprint density at radius 2 is 2.05 bits per heavy atom. The van der Waals surface area contributed by atoms with Gasteiger partial charge in [-0.1, -0.05) is 51.6 Å². The average Bonchev–Trinajstić information content (AvgIpc) is 2.40. The summed E-state index contributed by atoms with van der Waals surface area (Å²) in [4.78, 5) is 12.1. The summed E-state index contributed by atoms with van der Waals surface area (Å²) >= 11 is 6.16. The smallest absolute Gasteiger partial charge is 0.287 e. The van der Waals surface area contributed by atoms with Crippen LogP contribution in [-0.2, 0) is 0 Å². The predicted octanol–water partition coefficient (Wildman–Crippen LogP) is 4.50.